The van der Waals surface area contributed by atoms with Crippen molar-refractivity contribution in [2.75, 3.05) is 4.72 Å². The Morgan fingerprint density at radius 3 is 2.35 bits per heavy atom. The number of benzene rings is 2. The molecule has 1 heterocycles. The summed E-state index contributed by atoms with van der Waals surface area (Å²) in [5.41, 5.74) is 1.67. The van der Waals surface area contributed by atoms with E-state index in [2.05, 4.69) is 9.82 Å². The van der Waals surface area contributed by atoms with Gasteiger partial charge in [0, 0.05) is 10.7 Å². The Morgan fingerprint density at radius 1 is 1.04 bits per heavy atom. The van der Waals surface area contributed by atoms with E-state index >= 15 is 0 Å². The third-order valence-corrected chi connectivity index (χ3v) is 5.00. The molecular formula is C16H14ClN3O2S. The lowest BCUT2D eigenvalue weighted by Gasteiger charge is -2.06. The third kappa shape index (κ3) is 3.38. The van der Waals surface area contributed by atoms with Gasteiger partial charge < -0.3 is 0 Å². The number of hydrogen-bond acceptors (Lipinski definition) is 3. The molecule has 0 spiro atoms. The summed E-state index contributed by atoms with van der Waals surface area (Å²) in [7, 11) is -3.72. The molecule has 7 heteroatoms. The van der Waals surface area contributed by atoms with Gasteiger partial charge in [0.15, 0.2) is 0 Å². The van der Waals surface area contributed by atoms with Gasteiger partial charge in [0.2, 0.25) is 0 Å². The Hall–Kier alpha value is -2.31. The van der Waals surface area contributed by atoms with Gasteiger partial charge in [0.25, 0.3) is 10.0 Å². The molecule has 3 aromatic rings. The maximum Gasteiger partial charge on any atom is 0.265 e. The Balaban J connectivity index is 1.94. The minimum absolute atomic E-state index is 0.135. The SMILES string of the molecule is Cc1nn(-c2ccccc2)cc1S(=O)(=O)Nc1ccc(Cl)cc1. The molecule has 0 saturated heterocycles. The molecule has 5 nitrogen and oxygen atoms in total. The first-order valence-corrected chi connectivity index (χ1v) is 8.72. The Kier molecular flexibility index (Phi) is 4.11. The van der Waals surface area contributed by atoms with Crippen LogP contribution in [0.1, 0.15) is 5.69 Å². The fraction of sp³-hybridized carbons (Fsp3) is 0.0625. The predicted molar refractivity (Wildman–Crippen MR) is 90.6 cm³/mol. The van der Waals surface area contributed by atoms with E-state index in [0.29, 0.717) is 16.4 Å². The van der Waals surface area contributed by atoms with Gasteiger partial charge >= 0.3 is 0 Å². The smallest absolute Gasteiger partial charge is 0.265 e. The van der Waals surface area contributed by atoms with Crippen LogP contribution in [0.2, 0.25) is 5.02 Å². The second-order valence-electron chi connectivity index (χ2n) is 4.97. The summed E-state index contributed by atoms with van der Waals surface area (Å²) in [5.74, 6) is 0. The molecule has 2 aromatic carbocycles. The first-order chi connectivity index (χ1) is 11.0. The van der Waals surface area contributed by atoms with Crippen LogP contribution in [0.15, 0.2) is 65.7 Å². The van der Waals surface area contributed by atoms with E-state index in [1.165, 1.54) is 6.20 Å². The second kappa shape index (κ2) is 6.06. The van der Waals surface area contributed by atoms with Crippen LogP contribution in [0.25, 0.3) is 5.69 Å². The van der Waals surface area contributed by atoms with Crippen molar-refractivity contribution in [2.45, 2.75) is 11.8 Å². The molecule has 3 rings (SSSR count). The van der Waals surface area contributed by atoms with Crippen LogP contribution in [0, 0.1) is 6.92 Å². The molecule has 0 aliphatic heterocycles. The highest BCUT2D eigenvalue weighted by Gasteiger charge is 2.21. The van der Waals surface area contributed by atoms with Gasteiger partial charge in [-0.2, -0.15) is 5.10 Å². The van der Waals surface area contributed by atoms with Crippen molar-refractivity contribution in [2.24, 2.45) is 0 Å². The quantitative estimate of drug-likeness (QED) is 0.783. The maximum absolute atomic E-state index is 12.6. The van der Waals surface area contributed by atoms with Gasteiger partial charge in [0.1, 0.15) is 4.90 Å². The standard InChI is InChI=1S/C16H14ClN3O2S/c1-12-16(11-20(18-12)15-5-3-2-4-6-15)23(21,22)19-14-9-7-13(17)8-10-14/h2-11,19H,1H3. The highest BCUT2D eigenvalue weighted by atomic mass is 35.5. The molecule has 118 valence electrons. The molecular weight excluding hydrogens is 334 g/mol. The molecule has 23 heavy (non-hydrogen) atoms. The zero-order valence-corrected chi connectivity index (χ0v) is 13.8. The molecule has 1 N–H and O–H groups in total. The summed E-state index contributed by atoms with van der Waals surface area (Å²) in [6.45, 7) is 1.66. The molecule has 0 atom stereocenters. The monoisotopic (exact) mass is 347 g/mol. The van der Waals surface area contributed by atoms with Crippen LogP contribution in [-0.2, 0) is 10.0 Å². The highest BCUT2D eigenvalue weighted by Crippen LogP contribution is 2.21. The summed E-state index contributed by atoms with van der Waals surface area (Å²) in [6.07, 6.45) is 1.50. The summed E-state index contributed by atoms with van der Waals surface area (Å²) in [5, 5.41) is 4.82. The number of para-hydroxylation sites is 1. The van der Waals surface area contributed by atoms with Crippen molar-refractivity contribution in [1.29, 1.82) is 0 Å². The minimum Gasteiger partial charge on any atom is -0.280 e. The number of hydrogen-bond donors (Lipinski definition) is 1. The van der Waals surface area contributed by atoms with E-state index in [0.717, 1.165) is 5.69 Å². The van der Waals surface area contributed by atoms with Crippen LogP contribution in [0.3, 0.4) is 0 Å². The van der Waals surface area contributed by atoms with E-state index in [1.807, 2.05) is 30.3 Å². The molecule has 0 saturated carbocycles. The van der Waals surface area contributed by atoms with Gasteiger partial charge in [0.05, 0.1) is 17.6 Å². The Morgan fingerprint density at radius 2 is 1.70 bits per heavy atom. The van der Waals surface area contributed by atoms with Crippen LogP contribution in [-0.4, -0.2) is 18.2 Å². The molecule has 1 aromatic heterocycles. The normalized spacial score (nSPS) is 11.4. The number of aryl methyl sites for hydroxylation is 1. The minimum atomic E-state index is -3.72. The van der Waals surface area contributed by atoms with Crippen molar-refractivity contribution in [1.82, 2.24) is 9.78 Å². The molecule has 0 bridgehead atoms. The first kappa shape index (κ1) is 15.6. The summed E-state index contributed by atoms with van der Waals surface area (Å²) < 4.78 is 29.2. The highest BCUT2D eigenvalue weighted by molar-refractivity contribution is 7.92. The van der Waals surface area contributed by atoms with E-state index in [9.17, 15) is 8.42 Å². The number of anilines is 1. The lowest BCUT2D eigenvalue weighted by atomic mass is 10.3. The largest absolute Gasteiger partial charge is 0.280 e. The zero-order chi connectivity index (χ0) is 16.4. The Bertz CT molecular complexity index is 920. The summed E-state index contributed by atoms with van der Waals surface area (Å²) in [4.78, 5) is 0.135. The van der Waals surface area contributed by atoms with Crippen LogP contribution < -0.4 is 4.72 Å². The molecule has 0 aliphatic rings. The third-order valence-electron chi connectivity index (χ3n) is 3.26. The van der Waals surface area contributed by atoms with Crippen LogP contribution in [0.5, 0.6) is 0 Å². The molecule has 0 unspecified atom stereocenters. The maximum atomic E-state index is 12.6. The molecule has 0 fully saturated rings. The number of aromatic nitrogens is 2. The zero-order valence-electron chi connectivity index (χ0n) is 12.3. The van der Waals surface area contributed by atoms with E-state index < -0.39 is 10.0 Å². The predicted octanol–water partition coefficient (Wildman–Crippen LogP) is 3.63. The average Bonchev–Trinajstić information content (AvgIpc) is 2.93. The lowest BCUT2D eigenvalue weighted by Crippen LogP contribution is -2.13. The van der Waals surface area contributed by atoms with Crippen LogP contribution in [0.4, 0.5) is 5.69 Å². The van der Waals surface area contributed by atoms with Crippen molar-refractivity contribution in [3.63, 3.8) is 0 Å². The molecule has 0 radical (unpaired) electrons. The van der Waals surface area contributed by atoms with Gasteiger partial charge in [-0.05, 0) is 43.3 Å². The Labute approximate surface area is 139 Å². The number of halogens is 1. The number of nitrogens with one attached hydrogen (secondary N) is 1. The first-order valence-electron chi connectivity index (χ1n) is 6.86. The van der Waals surface area contributed by atoms with Crippen molar-refractivity contribution < 1.29 is 8.42 Å². The van der Waals surface area contributed by atoms with Crippen molar-refractivity contribution >= 4 is 27.3 Å². The lowest BCUT2D eigenvalue weighted by molar-refractivity contribution is 0.600. The van der Waals surface area contributed by atoms with Gasteiger partial charge in [-0.15, -0.1) is 0 Å². The number of nitrogens with zero attached hydrogens (tertiary/aromatic N) is 2. The van der Waals surface area contributed by atoms with E-state index in [1.54, 1.807) is 35.9 Å². The summed E-state index contributed by atoms with van der Waals surface area (Å²) in [6, 6.07) is 15.8. The second-order valence-corrected chi connectivity index (χ2v) is 7.06. The topological polar surface area (TPSA) is 64.0 Å². The fourth-order valence-corrected chi connectivity index (χ4v) is 3.50. The molecule has 0 amide bonds. The van der Waals surface area contributed by atoms with Gasteiger partial charge in [-0.1, -0.05) is 29.8 Å². The van der Waals surface area contributed by atoms with Crippen LogP contribution >= 0.6 is 11.6 Å². The van der Waals surface area contributed by atoms with E-state index in [-0.39, 0.29) is 4.90 Å². The van der Waals surface area contributed by atoms with Crippen molar-refractivity contribution in [3.05, 3.63) is 71.5 Å². The number of rotatable bonds is 4. The van der Waals surface area contributed by atoms with E-state index in [4.69, 9.17) is 11.6 Å². The van der Waals surface area contributed by atoms with Gasteiger partial charge in [-0.25, -0.2) is 13.1 Å². The number of sulfonamides is 1. The average molecular weight is 348 g/mol. The summed E-state index contributed by atoms with van der Waals surface area (Å²) >= 11 is 5.81. The molecule has 0 aliphatic carbocycles. The van der Waals surface area contributed by atoms with Gasteiger partial charge in [-0.3, -0.25) is 4.72 Å². The van der Waals surface area contributed by atoms with Crippen molar-refractivity contribution in [3.8, 4) is 5.69 Å². The fourth-order valence-electron chi connectivity index (χ4n) is 2.15.